The summed E-state index contributed by atoms with van der Waals surface area (Å²) in [6.07, 6.45) is 3.02. The molecule has 0 spiro atoms. The van der Waals surface area contributed by atoms with Crippen LogP contribution in [0.1, 0.15) is 62.5 Å². The lowest BCUT2D eigenvalue weighted by atomic mass is 9.80. The second-order valence-corrected chi connectivity index (χ2v) is 9.54. The summed E-state index contributed by atoms with van der Waals surface area (Å²) in [6, 6.07) is 1.81. The molecule has 1 unspecified atom stereocenters. The lowest BCUT2D eigenvalue weighted by molar-refractivity contribution is -0.123. The second-order valence-electron chi connectivity index (χ2n) is 9.54. The lowest BCUT2D eigenvalue weighted by Gasteiger charge is -2.40. The number of likely N-dealkylation sites (tertiary alicyclic amines) is 1. The molecule has 1 fully saturated rings. The third-order valence-corrected chi connectivity index (χ3v) is 5.80. The fourth-order valence-corrected chi connectivity index (χ4v) is 3.88. The third-order valence-electron chi connectivity index (χ3n) is 5.80. The summed E-state index contributed by atoms with van der Waals surface area (Å²) in [5.74, 6) is -0.527. The zero-order chi connectivity index (χ0) is 21.4. The third kappa shape index (κ3) is 4.74. The molecule has 0 radical (unpaired) electrons. The highest BCUT2D eigenvalue weighted by Gasteiger charge is 2.37. The summed E-state index contributed by atoms with van der Waals surface area (Å²) in [6.45, 7) is 9.87. The van der Waals surface area contributed by atoms with Crippen molar-refractivity contribution in [3.05, 3.63) is 23.5 Å². The van der Waals surface area contributed by atoms with Crippen LogP contribution in [0, 0.1) is 5.41 Å². The van der Waals surface area contributed by atoms with Gasteiger partial charge in [-0.25, -0.2) is 4.79 Å². The summed E-state index contributed by atoms with van der Waals surface area (Å²) >= 11 is 0. The van der Waals surface area contributed by atoms with Gasteiger partial charge in [0.15, 0.2) is 0 Å². The molecule has 0 aromatic carbocycles. The summed E-state index contributed by atoms with van der Waals surface area (Å²) in [4.78, 5) is 43.6. The van der Waals surface area contributed by atoms with Crippen LogP contribution in [-0.4, -0.2) is 71.5 Å². The number of hydrogen-bond donors (Lipinski definition) is 2. The molecular weight excluding hydrogens is 372 g/mol. The zero-order valence-corrected chi connectivity index (χ0v) is 18.0. The van der Waals surface area contributed by atoms with Crippen LogP contribution >= 0.6 is 0 Å². The van der Waals surface area contributed by atoms with E-state index in [4.69, 9.17) is 4.74 Å². The Hall–Kier alpha value is -2.51. The van der Waals surface area contributed by atoms with Gasteiger partial charge < -0.3 is 24.8 Å². The quantitative estimate of drug-likeness (QED) is 0.808. The minimum Gasteiger partial charge on any atom is -0.444 e. The van der Waals surface area contributed by atoms with Gasteiger partial charge in [0.2, 0.25) is 5.91 Å². The molecule has 1 atom stereocenters. The van der Waals surface area contributed by atoms with Crippen molar-refractivity contribution in [3.63, 3.8) is 0 Å². The van der Waals surface area contributed by atoms with Crippen LogP contribution < -0.4 is 5.32 Å². The van der Waals surface area contributed by atoms with Crippen molar-refractivity contribution in [1.82, 2.24) is 20.1 Å². The Morgan fingerprint density at radius 1 is 1.31 bits per heavy atom. The van der Waals surface area contributed by atoms with Gasteiger partial charge >= 0.3 is 6.09 Å². The summed E-state index contributed by atoms with van der Waals surface area (Å²) < 4.78 is 5.45. The topological polar surface area (TPSA) is 94.7 Å². The van der Waals surface area contributed by atoms with Gasteiger partial charge in [0.05, 0.1) is 5.92 Å². The van der Waals surface area contributed by atoms with E-state index < -0.39 is 5.60 Å². The molecule has 0 bridgehead atoms. The number of nitrogens with zero attached hydrogens (tertiary/aromatic N) is 2. The Kier molecular flexibility index (Phi) is 5.65. The molecule has 2 N–H and O–H groups in total. The van der Waals surface area contributed by atoms with Gasteiger partial charge in [0, 0.05) is 39.4 Å². The lowest BCUT2D eigenvalue weighted by Crippen LogP contribution is -2.49. The molecule has 1 saturated heterocycles. The van der Waals surface area contributed by atoms with Gasteiger partial charge in [0.1, 0.15) is 11.3 Å². The van der Waals surface area contributed by atoms with Crippen molar-refractivity contribution in [3.8, 4) is 0 Å². The summed E-state index contributed by atoms with van der Waals surface area (Å²) in [5, 5.41) is 3.09. The number of rotatable bonds is 3. The van der Waals surface area contributed by atoms with Crippen LogP contribution in [0.4, 0.5) is 4.79 Å². The van der Waals surface area contributed by atoms with Crippen LogP contribution in [0.2, 0.25) is 0 Å². The minimum atomic E-state index is -0.503. The van der Waals surface area contributed by atoms with Crippen LogP contribution in [-0.2, 0) is 9.53 Å². The zero-order valence-electron chi connectivity index (χ0n) is 18.0. The molecule has 8 heteroatoms. The number of aromatic nitrogens is 1. The number of piperidine rings is 1. The van der Waals surface area contributed by atoms with Gasteiger partial charge in [-0.1, -0.05) is 6.92 Å². The van der Waals surface area contributed by atoms with E-state index in [1.54, 1.807) is 23.0 Å². The number of carbonyl (C=O) groups is 3. The van der Waals surface area contributed by atoms with Crippen molar-refractivity contribution in [2.24, 2.45) is 5.41 Å². The maximum Gasteiger partial charge on any atom is 0.410 e. The number of fused-ring (bicyclic) bond motifs is 1. The predicted octanol–water partition coefficient (Wildman–Crippen LogP) is 2.34. The predicted molar refractivity (Wildman–Crippen MR) is 109 cm³/mol. The molecule has 160 valence electrons. The van der Waals surface area contributed by atoms with Crippen LogP contribution in [0.5, 0.6) is 0 Å². The first kappa shape index (κ1) is 21.2. The van der Waals surface area contributed by atoms with Gasteiger partial charge in [0.25, 0.3) is 5.91 Å². The number of hydrogen-bond acceptors (Lipinski definition) is 4. The van der Waals surface area contributed by atoms with Crippen molar-refractivity contribution in [1.29, 1.82) is 0 Å². The highest BCUT2D eigenvalue weighted by Crippen LogP contribution is 2.32. The average molecular weight is 405 g/mol. The van der Waals surface area contributed by atoms with E-state index in [9.17, 15) is 14.4 Å². The van der Waals surface area contributed by atoms with E-state index in [0.29, 0.717) is 31.9 Å². The summed E-state index contributed by atoms with van der Waals surface area (Å²) in [7, 11) is 1.71. The van der Waals surface area contributed by atoms with Crippen LogP contribution in [0.3, 0.4) is 0 Å². The van der Waals surface area contributed by atoms with Crippen molar-refractivity contribution in [2.75, 3.05) is 33.2 Å². The molecule has 3 amide bonds. The van der Waals surface area contributed by atoms with E-state index >= 15 is 0 Å². The van der Waals surface area contributed by atoms with E-state index in [-0.39, 0.29) is 29.2 Å². The highest BCUT2D eigenvalue weighted by atomic mass is 16.6. The van der Waals surface area contributed by atoms with Gasteiger partial charge in [-0.05, 0) is 50.7 Å². The molecule has 2 aliphatic rings. The molecule has 3 rings (SSSR count). The van der Waals surface area contributed by atoms with E-state index in [0.717, 1.165) is 18.4 Å². The van der Waals surface area contributed by atoms with Crippen molar-refractivity contribution < 1.29 is 19.1 Å². The minimum absolute atomic E-state index is 0.0685. The molecule has 8 nitrogen and oxygen atoms in total. The summed E-state index contributed by atoms with van der Waals surface area (Å²) in [5.41, 5.74) is 0.675. The average Bonchev–Trinajstić information content (AvgIpc) is 3.12. The number of likely N-dealkylation sites (N-methyl/N-ethyl adjacent to an activating group) is 1. The van der Waals surface area contributed by atoms with Gasteiger partial charge in [-0.2, -0.15) is 0 Å². The Morgan fingerprint density at radius 3 is 2.59 bits per heavy atom. The maximum absolute atomic E-state index is 12.9. The Morgan fingerprint density at radius 2 is 1.97 bits per heavy atom. The molecule has 0 saturated carbocycles. The Balaban J connectivity index is 1.54. The molecule has 1 aromatic rings. The first-order chi connectivity index (χ1) is 13.5. The molecular formula is C21H32N4O4. The van der Waals surface area contributed by atoms with Crippen molar-refractivity contribution >= 4 is 17.9 Å². The van der Waals surface area contributed by atoms with E-state index in [2.05, 4.69) is 17.2 Å². The normalized spacial score (nSPS) is 21.6. The van der Waals surface area contributed by atoms with E-state index in [1.807, 2.05) is 26.8 Å². The fourth-order valence-electron chi connectivity index (χ4n) is 3.88. The number of carbonyl (C=O) groups excluding carboxylic acids is 3. The number of H-pyrrole nitrogens is 1. The number of ether oxygens (including phenoxy) is 1. The Bertz CT molecular complexity index is 787. The van der Waals surface area contributed by atoms with E-state index in [1.165, 1.54) is 0 Å². The Labute approximate surface area is 172 Å². The van der Waals surface area contributed by atoms with Crippen LogP contribution in [0.15, 0.2) is 12.3 Å². The maximum atomic E-state index is 12.9. The SMILES string of the molecule is CN1CC(C(=O)NCC2(C)CCN(C(=O)OC(C)(C)C)CC2)c2cc[nH]c2C1=O. The van der Waals surface area contributed by atoms with Gasteiger partial charge in [-0.15, -0.1) is 0 Å². The highest BCUT2D eigenvalue weighted by molar-refractivity contribution is 5.99. The molecule has 3 heterocycles. The first-order valence-corrected chi connectivity index (χ1v) is 10.2. The fraction of sp³-hybridized carbons (Fsp3) is 0.667. The van der Waals surface area contributed by atoms with Crippen molar-refractivity contribution in [2.45, 2.75) is 52.1 Å². The largest absolute Gasteiger partial charge is 0.444 e. The first-order valence-electron chi connectivity index (χ1n) is 10.2. The standard InChI is InChI=1S/C21H32N4O4/c1-20(2,3)29-19(28)25-10-7-21(4,8-11-25)13-23-17(26)15-12-24(5)18(27)16-14(15)6-9-22-16/h6,9,15,22H,7-8,10-13H2,1-5H3,(H,23,26). The second kappa shape index (κ2) is 7.72. The number of aromatic amines is 1. The number of amides is 3. The monoisotopic (exact) mass is 404 g/mol. The molecule has 1 aromatic heterocycles. The molecule has 0 aliphatic carbocycles. The smallest absolute Gasteiger partial charge is 0.410 e. The molecule has 2 aliphatic heterocycles. The number of nitrogens with one attached hydrogen (secondary N) is 2. The van der Waals surface area contributed by atoms with Gasteiger partial charge in [-0.3, -0.25) is 9.59 Å². The molecule has 29 heavy (non-hydrogen) atoms. The van der Waals surface area contributed by atoms with Crippen LogP contribution in [0.25, 0.3) is 0 Å².